The minimum Gasteiger partial charge on any atom is -0.337 e. The van der Waals surface area contributed by atoms with Crippen LogP contribution in [0.5, 0.6) is 0 Å². The molecule has 1 atom stereocenters. The van der Waals surface area contributed by atoms with Crippen molar-refractivity contribution < 1.29 is 19.8 Å². The van der Waals surface area contributed by atoms with Gasteiger partial charge in [0.05, 0.1) is 18.8 Å². The Morgan fingerprint density at radius 3 is 2.69 bits per heavy atom. The molecule has 2 heterocycles. The van der Waals surface area contributed by atoms with Gasteiger partial charge >= 0.3 is 0 Å². The third-order valence-corrected chi connectivity index (χ3v) is 5.03. The summed E-state index contributed by atoms with van der Waals surface area (Å²) in [6, 6.07) is 7.46. The van der Waals surface area contributed by atoms with Crippen LogP contribution in [0.1, 0.15) is 5.56 Å². The molecule has 8 heteroatoms. The molecule has 0 spiro atoms. The molecule has 26 heavy (non-hydrogen) atoms. The van der Waals surface area contributed by atoms with E-state index in [1.54, 1.807) is 0 Å². The van der Waals surface area contributed by atoms with Crippen LogP contribution in [0.25, 0.3) is 0 Å². The van der Waals surface area contributed by atoms with E-state index >= 15 is 0 Å². The molecular weight excluding hydrogens is 350 g/mol. The van der Waals surface area contributed by atoms with Crippen LogP contribution in [0.4, 0.5) is 5.69 Å². The highest BCUT2D eigenvalue weighted by Crippen LogP contribution is 2.20. The van der Waals surface area contributed by atoms with Gasteiger partial charge in [-0.1, -0.05) is 17.7 Å². The third-order valence-electron chi connectivity index (χ3n) is 4.75. The van der Waals surface area contributed by atoms with E-state index in [0.717, 1.165) is 38.3 Å². The lowest BCUT2D eigenvalue weighted by atomic mass is 10.1. The van der Waals surface area contributed by atoms with Crippen LogP contribution in [0.15, 0.2) is 29.3 Å². The first-order valence-corrected chi connectivity index (χ1v) is 9.38. The molecule has 0 aliphatic carbocycles. The average Bonchev–Trinajstić information content (AvgIpc) is 2.63. The lowest BCUT2D eigenvalue weighted by molar-refractivity contribution is -0.945. The van der Waals surface area contributed by atoms with Crippen LogP contribution >= 0.6 is 12.2 Å². The van der Waals surface area contributed by atoms with Crippen LogP contribution in [0.3, 0.4) is 0 Å². The van der Waals surface area contributed by atoms with Crippen molar-refractivity contribution in [1.29, 1.82) is 0 Å². The van der Waals surface area contributed by atoms with Crippen molar-refractivity contribution in [2.75, 3.05) is 44.2 Å². The van der Waals surface area contributed by atoms with Gasteiger partial charge < -0.3 is 15.5 Å². The van der Waals surface area contributed by atoms with Crippen molar-refractivity contribution in [3.63, 3.8) is 0 Å². The highest BCUT2D eigenvalue weighted by molar-refractivity contribution is 7.80. The number of anilines is 1. The molecule has 0 saturated carbocycles. The van der Waals surface area contributed by atoms with E-state index in [1.807, 2.05) is 31.2 Å². The summed E-state index contributed by atoms with van der Waals surface area (Å²) in [6.07, 6.45) is 1.47. The van der Waals surface area contributed by atoms with Crippen LogP contribution in [-0.4, -0.2) is 62.4 Å². The Bertz CT molecular complexity index is 713. The van der Waals surface area contributed by atoms with E-state index in [1.165, 1.54) is 16.0 Å². The Labute approximate surface area is 158 Å². The Balaban J connectivity index is 1.65. The normalized spacial score (nSPS) is 22.1. The first-order chi connectivity index (χ1) is 12.6. The highest BCUT2D eigenvalue weighted by atomic mass is 32.1. The highest BCUT2D eigenvalue weighted by Gasteiger charge is 2.38. The van der Waals surface area contributed by atoms with Gasteiger partial charge in [-0.3, -0.25) is 19.5 Å². The number of carbonyl (C=O) groups excluding carboxylic acids is 2. The van der Waals surface area contributed by atoms with Gasteiger partial charge in [0, 0.05) is 6.21 Å². The third kappa shape index (κ3) is 4.32. The molecular formula is C18H25N5O2S+2. The number of nitrogens with two attached hydrogens (primary N) is 1. The second kappa shape index (κ2) is 8.48. The van der Waals surface area contributed by atoms with E-state index in [4.69, 9.17) is 12.2 Å². The molecule has 1 aromatic carbocycles. The molecule has 0 radical (unpaired) electrons. The number of nitrogens with zero attached hydrogens (tertiary/aromatic N) is 2. The topological polar surface area (TPSA) is 82.8 Å². The number of hydrogen-bond donors (Lipinski definition) is 3. The molecule has 0 bridgehead atoms. The lowest BCUT2D eigenvalue weighted by Gasteiger charge is -2.31. The van der Waals surface area contributed by atoms with Crippen LogP contribution < -0.4 is 20.4 Å². The van der Waals surface area contributed by atoms with E-state index in [-0.39, 0.29) is 11.0 Å². The number of hydrogen-bond acceptors (Lipinski definition) is 4. The summed E-state index contributed by atoms with van der Waals surface area (Å²) in [4.78, 5) is 32.2. The second-order valence-electron chi connectivity index (χ2n) is 6.70. The maximum absolute atomic E-state index is 12.8. The summed E-state index contributed by atoms with van der Waals surface area (Å²) in [5.74, 6) is -1.70. The standard InChI is InChI=1S/C18H23N5O2S/c1-13-2-4-14(5-3-13)23-17(25)15(16(24)21-18(23)26)12-20-8-11-22-9-6-19-7-10-22/h2-5,12,15,19H,6-11H2,1H3,(H,21,24,26)/p+2/t15-/m0/s1. The predicted octanol–water partition coefficient (Wildman–Crippen LogP) is -2.11. The van der Waals surface area contributed by atoms with Gasteiger partial charge in [0.1, 0.15) is 26.2 Å². The van der Waals surface area contributed by atoms with Crippen LogP contribution in [0, 0.1) is 12.8 Å². The van der Waals surface area contributed by atoms with Crippen molar-refractivity contribution in [3.05, 3.63) is 29.8 Å². The molecule has 3 rings (SSSR count). The van der Waals surface area contributed by atoms with Gasteiger partial charge in [0.15, 0.2) is 11.0 Å². The van der Waals surface area contributed by atoms with Crippen molar-refractivity contribution in [2.45, 2.75) is 6.92 Å². The molecule has 2 amide bonds. The zero-order valence-corrected chi connectivity index (χ0v) is 15.7. The number of aryl methyl sites for hydroxylation is 1. The van der Waals surface area contributed by atoms with E-state index in [9.17, 15) is 9.59 Å². The number of benzene rings is 1. The fraction of sp³-hybridized carbons (Fsp3) is 0.444. The summed E-state index contributed by atoms with van der Waals surface area (Å²) >= 11 is 5.19. The lowest BCUT2D eigenvalue weighted by Crippen LogP contribution is -3.20. The molecule has 138 valence electrons. The van der Waals surface area contributed by atoms with Gasteiger partial charge in [-0.25, -0.2) is 0 Å². The zero-order chi connectivity index (χ0) is 18.5. The number of amides is 2. The Hall–Kier alpha value is -2.16. The molecule has 4 N–H and O–H groups in total. The molecule has 2 aliphatic heterocycles. The number of thiocarbonyl (C=S) groups is 1. The minimum absolute atomic E-state index is 0.113. The number of quaternary nitrogens is 2. The Morgan fingerprint density at radius 2 is 2.00 bits per heavy atom. The summed E-state index contributed by atoms with van der Waals surface area (Å²) in [7, 11) is 0. The maximum atomic E-state index is 12.8. The van der Waals surface area contributed by atoms with Crippen molar-refractivity contribution in [3.8, 4) is 0 Å². The molecule has 2 fully saturated rings. The van der Waals surface area contributed by atoms with E-state index in [2.05, 4.69) is 15.6 Å². The van der Waals surface area contributed by atoms with Gasteiger partial charge in [-0.2, -0.15) is 0 Å². The summed E-state index contributed by atoms with van der Waals surface area (Å²) < 4.78 is 0. The SMILES string of the molecule is Cc1ccc(N2C(=O)[C@@H](C=NCC[NH+]3CC[NH2+]CC3)C(=O)NC2=S)cc1. The average molecular weight is 375 g/mol. The number of aliphatic imine (C=N–C) groups is 1. The Morgan fingerprint density at radius 1 is 1.31 bits per heavy atom. The fourth-order valence-corrected chi connectivity index (χ4v) is 3.49. The molecule has 7 nitrogen and oxygen atoms in total. The maximum Gasteiger partial charge on any atom is 0.251 e. The predicted molar refractivity (Wildman–Crippen MR) is 103 cm³/mol. The number of piperazine rings is 1. The fourth-order valence-electron chi connectivity index (χ4n) is 3.19. The largest absolute Gasteiger partial charge is 0.337 e. The van der Waals surface area contributed by atoms with Crippen molar-refractivity contribution >= 4 is 41.0 Å². The number of nitrogens with one attached hydrogen (secondary N) is 2. The van der Waals surface area contributed by atoms with Gasteiger partial charge in [0.25, 0.3) is 5.91 Å². The molecule has 0 aromatic heterocycles. The molecule has 2 aliphatic rings. The quantitative estimate of drug-likeness (QED) is 0.313. The minimum atomic E-state index is -0.937. The van der Waals surface area contributed by atoms with Crippen molar-refractivity contribution in [2.24, 2.45) is 10.9 Å². The van der Waals surface area contributed by atoms with Crippen LogP contribution in [-0.2, 0) is 9.59 Å². The van der Waals surface area contributed by atoms with Gasteiger partial charge in [0.2, 0.25) is 5.91 Å². The second-order valence-corrected chi connectivity index (χ2v) is 7.09. The molecule has 1 aromatic rings. The first kappa shape index (κ1) is 18.6. The molecule has 2 saturated heterocycles. The number of carbonyl (C=O) groups is 2. The van der Waals surface area contributed by atoms with Crippen molar-refractivity contribution in [1.82, 2.24) is 5.32 Å². The van der Waals surface area contributed by atoms with Gasteiger partial charge in [-0.05, 0) is 31.3 Å². The summed E-state index contributed by atoms with van der Waals surface area (Å²) in [5.41, 5.74) is 1.74. The van der Waals surface area contributed by atoms with E-state index in [0.29, 0.717) is 12.2 Å². The van der Waals surface area contributed by atoms with Crippen LogP contribution in [0.2, 0.25) is 0 Å². The van der Waals surface area contributed by atoms with E-state index < -0.39 is 11.8 Å². The zero-order valence-electron chi connectivity index (χ0n) is 14.9. The van der Waals surface area contributed by atoms with Gasteiger partial charge in [-0.15, -0.1) is 0 Å². The molecule has 0 unspecified atom stereocenters. The smallest absolute Gasteiger partial charge is 0.251 e. The Kier molecular flexibility index (Phi) is 6.08. The summed E-state index contributed by atoms with van der Waals surface area (Å²) in [5, 5.41) is 5.04. The first-order valence-electron chi connectivity index (χ1n) is 8.97. The monoisotopic (exact) mass is 375 g/mol. The summed E-state index contributed by atoms with van der Waals surface area (Å²) in [6.45, 7) is 8.06. The number of rotatable bonds is 5.